The van der Waals surface area contributed by atoms with Crippen LogP contribution in [0.15, 0.2) is 6.33 Å². The Morgan fingerprint density at radius 2 is 2.38 bits per heavy atom. The molecule has 13 heavy (non-hydrogen) atoms. The third-order valence-corrected chi connectivity index (χ3v) is 2.94. The van der Waals surface area contributed by atoms with Crippen LogP contribution in [0.3, 0.4) is 0 Å². The fourth-order valence-corrected chi connectivity index (χ4v) is 1.93. The zero-order valence-electron chi connectivity index (χ0n) is 8.57. The molecule has 0 saturated heterocycles. The van der Waals surface area contributed by atoms with Crippen molar-refractivity contribution in [3.8, 4) is 0 Å². The Morgan fingerprint density at radius 3 is 2.92 bits per heavy atom. The normalized spacial score (nSPS) is 26.8. The minimum Gasteiger partial charge on any atom is -0.315 e. The summed E-state index contributed by atoms with van der Waals surface area (Å²) < 4.78 is 2.19. The zero-order valence-corrected chi connectivity index (χ0v) is 8.57. The molecule has 0 spiro atoms. The van der Waals surface area contributed by atoms with E-state index in [-0.39, 0.29) is 0 Å². The molecule has 3 heteroatoms. The fraction of sp³-hybridized carbons (Fsp3) is 0.800. The molecular weight excluding hydrogens is 162 g/mol. The van der Waals surface area contributed by atoms with Crippen LogP contribution >= 0.6 is 0 Å². The van der Waals surface area contributed by atoms with Crippen LogP contribution in [0, 0.1) is 5.92 Å². The molecule has 1 aromatic heterocycles. The monoisotopic (exact) mass is 179 g/mol. The van der Waals surface area contributed by atoms with Crippen molar-refractivity contribution in [2.24, 2.45) is 5.92 Å². The quantitative estimate of drug-likeness (QED) is 0.713. The Labute approximate surface area is 79.2 Å². The Kier molecular flexibility index (Phi) is 2.10. The molecule has 1 aromatic rings. The maximum absolute atomic E-state index is 4.21. The summed E-state index contributed by atoms with van der Waals surface area (Å²) in [5.41, 5.74) is 0. The molecule has 0 radical (unpaired) electrons. The Morgan fingerprint density at radius 1 is 1.62 bits per heavy atom. The molecular formula is C10H17N3. The van der Waals surface area contributed by atoms with Gasteiger partial charge in [0.2, 0.25) is 0 Å². The van der Waals surface area contributed by atoms with Gasteiger partial charge in [0, 0.05) is 12.0 Å². The van der Waals surface area contributed by atoms with Crippen molar-refractivity contribution in [2.45, 2.75) is 45.6 Å². The van der Waals surface area contributed by atoms with Crippen molar-refractivity contribution in [3.63, 3.8) is 0 Å². The van der Waals surface area contributed by atoms with Crippen molar-refractivity contribution in [2.75, 3.05) is 0 Å². The van der Waals surface area contributed by atoms with Crippen LogP contribution in [0.4, 0.5) is 0 Å². The minimum absolute atomic E-state index is 0.489. The highest BCUT2D eigenvalue weighted by molar-refractivity contribution is 5.10. The van der Waals surface area contributed by atoms with Gasteiger partial charge < -0.3 is 4.57 Å². The Balaban J connectivity index is 2.17. The van der Waals surface area contributed by atoms with Gasteiger partial charge in [0.05, 0.1) is 0 Å². The third-order valence-electron chi connectivity index (χ3n) is 2.94. The number of hydrogen-bond donors (Lipinski definition) is 0. The summed E-state index contributed by atoms with van der Waals surface area (Å²) in [4.78, 5) is 0. The molecule has 2 atom stereocenters. The van der Waals surface area contributed by atoms with E-state index >= 15 is 0 Å². The zero-order chi connectivity index (χ0) is 9.42. The lowest BCUT2D eigenvalue weighted by Crippen LogP contribution is -2.04. The van der Waals surface area contributed by atoms with E-state index in [1.54, 1.807) is 0 Å². The lowest BCUT2D eigenvalue weighted by molar-refractivity contribution is 0.560. The van der Waals surface area contributed by atoms with Gasteiger partial charge in [0.25, 0.3) is 0 Å². The van der Waals surface area contributed by atoms with E-state index in [0.29, 0.717) is 12.0 Å². The van der Waals surface area contributed by atoms with Crippen molar-refractivity contribution in [1.82, 2.24) is 14.8 Å². The lowest BCUT2D eigenvalue weighted by Gasteiger charge is -2.09. The first-order chi connectivity index (χ1) is 6.24. The van der Waals surface area contributed by atoms with Crippen LogP contribution in [0.2, 0.25) is 0 Å². The molecule has 0 aliphatic heterocycles. The summed E-state index contributed by atoms with van der Waals surface area (Å²) >= 11 is 0. The summed E-state index contributed by atoms with van der Waals surface area (Å²) in [6, 6.07) is 0.489. The van der Waals surface area contributed by atoms with Gasteiger partial charge in [-0.1, -0.05) is 13.3 Å². The predicted molar refractivity (Wildman–Crippen MR) is 51.5 cm³/mol. The van der Waals surface area contributed by atoms with E-state index in [4.69, 9.17) is 0 Å². The van der Waals surface area contributed by atoms with E-state index in [1.807, 2.05) is 6.33 Å². The molecule has 2 unspecified atom stereocenters. The molecule has 3 nitrogen and oxygen atoms in total. The minimum atomic E-state index is 0.489. The highest BCUT2D eigenvalue weighted by Gasteiger charge is 2.40. The number of rotatable bonds is 3. The van der Waals surface area contributed by atoms with E-state index in [0.717, 1.165) is 5.92 Å². The number of hydrogen-bond acceptors (Lipinski definition) is 2. The van der Waals surface area contributed by atoms with Gasteiger partial charge in [-0.05, 0) is 26.2 Å². The molecule has 1 fully saturated rings. The number of aromatic nitrogens is 3. The molecule has 0 amide bonds. The molecule has 1 aliphatic rings. The first kappa shape index (κ1) is 8.73. The van der Waals surface area contributed by atoms with E-state index in [1.165, 1.54) is 18.7 Å². The van der Waals surface area contributed by atoms with Gasteiger partial charge in [-0.2, -0.15) is 0 Å². The summed E-state index contributed by atoms with van der Waals surface area (Å²) in [5, 5.41) is 8.20. The predicted octanol–water partition coefficient (Wildman–Crippen LogP) is 2.37. The summed E-state index contributed by atoms with van der Waals surface area (Å²) in [6.45, 7) is 6.60. The first-order valence-electron chi connectivity index (χ1n) is 5.13. The van der Waals surface area contributed by atoms with Crippen LogP contribution < -0.4 is 0 Å². The molecule has 0 N–H and O–H groups in total. The maximum atomic E-state index is 4.21. The molecule has 0 aromatic carbocycles. The summed E-state index contributed by atoms with van der Waals surface area (Å²) in [6.07, 6.45) is 4.43. The van der Waals surface area contributed by atoms with Crippen LogP contribution in [-0.4, -0.2) is 14.8 Å². The topological polar surface area (TPSA) is 30.7 Å². The van der Waals surface area contributed by atoms with Crippen molar-refractivity contribution in [1.29, 1.82) is 0 Å². The maximum Gasteiger partial charge on any atom is 0.136 e. The van der Waals surface area contributed by atoms with Gasteiger partial charge in [0.1, 0.15) is 12.2 Å². The van der Waals surface area contributed by atoms with Crippen LogP contribution in [0.25, 0.3) is 0 Å². The first-order valence-corrected chi connectivity index (χ1v) is 5.13. The highest BCUT2D eigenvalue weighted by atomic mass is 15.3. The van der Waals surface area contributed by atoms with Gasteiger partial charge in [-0.25, -0.2) is 0 Å². The molecule has 0 bridgehead atoms. The van der Waals surface area contributed by atoms with Crippen LogP contribution in [-0.2, 0) is 0 Å². The SMILES string of the molecule is CCC1CC1c1nncn1C(C)C. The second kappa shape index (κ2) is 3.13. The average molecular weight is 179 g/mol. The van der Waals surface area contributed by atoms with Crippen molar-refractivity contribution < 1.29 is 0 Å². The number of nitrogens with zero attached hydrogens (tertiary/aromatic N) is 3. The second-order valence-corrected chi connectivity index (χ2v) is 4.20. The lowest BCUT2D eigenvalue weighted by atomic mass is 10.2. The van der Waals surface area contributed by atoms with E-state index in [2.05, 4.69) is 35.5 Å². The van der Waals surface area contributed by atoms with Crippen LogP contribution in [0.1, 0.15) is 51.4 Å². The van der Waals surface area contributed by atoms with Gasteiger partial charge in [-0.3, -0.25) is 0 Å². The molecule has 1 heterocycles. The van der Waals surface area contributed by atoms with Crippen molar-refractivity contribution >= 4 is 0 Å². The summed E-state index contributed by atoms with van der Waals surface area (Å²) in [5.74, 6) is 2.75. The molecule has 1 saturated carbocycles. The van der Waals surface area contributed by atoms with Gasteiger partial charge >= 0.3 is 0 Å². The highest BCUT2D eigenvalue weighted by Crippen LogP contribution is 2.48. The Bertz CT molecular complexity index is 290. The van der Waals surface area contributed by atoms with E-state index < -0.39 is 0 Å². The standard InChI is InChI=1S/C10H17N3/c1-4-8-5-9(8)10-12-11-6-13(10)7(2)3/h6-9H,4-5H2,1-3H3. The molecule has 72 valence electrons. The van der Waals surface area contributed by atoms with Gasteiger partial charge in [0.15, 0.2) is 0 Å². The van der Waals surface area contributed by atoms with E-state index in [9.17, 15) is 0 Å². The fourth-order valence-electron chi connectivity index (χ4n) is 1.93. The summed E-state index contributed by atoms with van der Waals surface area (Å²) in [7, 11) is 0. The van der Waals surface area contributed by atoms with Crippen molar-refractivity contribution in [3.05, 3.63) is 12.2 Å². The second-order valence-electron chi connectivity index (χ2n) is 4.20. The average Bonchev–Trinajstić information content (AvgIpc) is 2.72. The largest absolute Gasteiger partial charge is 0.315 e. The molecule has 1 aliphatic carbocycles. The van der Waals surface area contributed by atoms with Gasteiger partial charge in [-0.15, -0.1) is 10.2 Å². The third kappa shape index (κ3) is 1.47. The molecule has 2 rings (SSSR count). The smallest absolute Gasteiger partial charge is 0.136 e. The Hall–Kier alpha value is -0.860. The van der Waals surface area contributed by atoms with Crippen LogP contribution in [0.5, 0.6) is 0 Å².